The minimum atomic E-state index is -0.681. The Bertz CT molecular complexity index is 834. The summed E-state index contributed by atoms with van der Waals surface area (Å²) in [4.78, 5) is 41.1. The van der Waals surface area contributed by atoms with Gasteiger partial charge < -0.3 is 10.6 Å². The van der Waals surface area contributed by atoms with Crippen molar-refractivity contribution in [3.05, 3.63) is 34.9 Å². The SMILES string of the molecule is O=C(CCCN1C(=O)NC2(CCCC2)C1=O)NCC(c1cccc(Cl)c1)N1CCCC1. The summed E-state index contributed by atoms with van der Waals surface area (Å²) in [6.07, 6.45) is 6.45. The van der Waals surface area contributed by atoms with E-state index < -0.39 is 5.54 Å². The molecule has 1 saturated carbocycles. The molecule has 1 spiro atoms. The normalized spacial score (nSPS) is 21.6. The minimum absolute atomic E-state index is 0.0612. The maximum absolute atomic E-state index is 12.7. The number of benzene rings is 1. The maximum Gasteiger partial charge on any atom is 0.325 e. The van der Waals surface area contributed by atoms with Crippen LogP contribution in [0.2, 0.25) is 5.02 Å². The molecule has 1 aliphatic carbocycles. The van der Waals surface area contributed by atoms with Crippen molar-refractivity contribution < 1.29 is 14.4 Å². The van der Waals surface area contributed by atoms with E-state index in [1.807, 2.05) is 18.2 Å². The highest BCUT2D eigenvalue weighted by Gasteiger charge is 2.52. The van der Waals surface area contributed by atoms with Crippen LogP contribution in [0, 0.1) is 0 Å². The molecule has 2 heterocycles. The molecule has 168 valence electrons. The lowest BCUT2D eigenvalue weighted by molar-refractivity contribution is -0.131. The lowest BCUT2D eigenvalue weighted by atomic mass is 9.98. The number of imide groups is 1. The van der Waals surface area contributed by atoms with E-state index in [1.54, 1.807) is 0 Å². The van der Waals surface area contributed by atoms with Crippen molar-refractivity contribution in [1.82, 2.24) is 20.4 Å². The third-order valence-electron chi connectivity index (χ3n) is 6.80. The molecule has 8 heteroatoms. The number of urea groups is 1. The van der Waals surface area contributed by atoms with Crippen LogP contribution in [0.5, 0.6) is 0 Å². The first-order valence-corrected chi connectivity index (χ1v) is 11.8. The van der Waals surface area contributed by atoms with E-state index in [2.05, 4.69) is 21.6 Å². The molecule has 0 radical (unpaired) electrons. The molecule has 3 fully saturated rings. The van der Waals surface area contributed by atoms with Gasteiger partial charge in [0.1, 0.15) is 5.54 Å². The van der Waals surface area contributed by atoms with Gasteiger partial charge in [0.25, 0.3) is 5.91 Å². The molecule has 7 nitrogen and oxygen atoms in total. The van der Waals surface area contributed by atoms with Gasteiger partial charge in [-0.3, -0.25) is 19.4 Å². The number of hydrogen-bond donors (Lipinski definition) is 2. The highest BCUT2D eigenvalue weighted by Crippen LogP contribution is 2.35. The fraction of sp³-hybridized carbons (Fsp3) is 0.609. The Morgan fingerprint density at radius 1 is 1.16 bits per heavy atom. The zero-order chi connectivity index (χ0) is 21.8. The van der Waals surface area contributed by atoms with Crippen molar-refractivity contribution >= 4 is 29.4 Å². The van der Waals surface area contributed by atoms with Crippen LogP contribution in [0.25, 0.3) is 0 Å². The number of nitrogens with one attached hydrogen (secondary N) is 2. The standard InChI is InChI=1S/C23H31ClN4O3/c24-18-8-5-7-17(15-18)19(27-12-3-4-13-27)16-25-20(29)9-6-14-28-21(30)23(26-22(28)31)10-1-2-11-23/h5,7-8,15,19H,1-4,6,9-14,16H2,(H,25,29)(H,26,31). The summed E-state index contributed by atoms with van der Waals surface area (Å²) < 4.78 is 0. The molecular formula is C23H31ClN4O3. The Hall–Kier alpha value is -2.12. The average Bonchev–Trinajstić information content (AvgIpc) is 3.48. The highest BCUT2D eigenvalue weighted by atomic mass is 35.5. The van der Waals surface area contributed by atoms with Crippen LogP contribution in [-0.4, -0.2) is 59.4 Å². The average molecular weight is 447 g/mol. The van der Waals surface area contributed by atoms with Gasteiger partial charge in [0.15, 0.2) is 0 Å². The Balaban J connectivity index is 1.27. The van der Waals surface area contributed by atoms with Gasteiger partial charge in [0.2, 0.25) is 5.91 Å². The van der Waals surface area contributed by atoms with Crippen LogP contribution >= 0.6 is 11.6 Å². The summed E-state index contributed by atoms with van der Waals surface area (Å²) in [5, 5.41) is 6.62. The van der Waals surface area contributed by atoms with Crippen LogP contribution in [0.3, 0.4) is 0 Å². The predicted molar refractivity (Wildman–Crippen MR) is 119 cm³/mol. The summed E-state index contributed by atoms with van der Waals surface area (Å²) >= 11 is 6.19. The number of hydrogen-bond acceptors (Lipinski definition) is 4. The summed E-state index contributed by atoms with van der Waals surface area (Å²) in [5.74, 6) is -0.181. The summed E-state index contributed by atoms with van der Waals surface area (Å²) in [6.45, 7) is 2.83. The van der Waals surface area contributed by atoms with Crippen LogP contribution in [-0.2, 0) is 9.59 Å². The molecule has 3 aliphatic rings. The summed E-state index contributed by atoms with van der Waals surface area (Å²) in [7, 11) is 0. The third kappa shape index (κ3) is 4.88. The van der Waals surface area contributed by atoms with Gasteiger partial charge in [0, 0.05) is 24.5 Å². The number of carbonyl (C=O) groups excluding carboxylic acids is 3. The van der Waals surface area contributed by atoms with Crippen LogP contribution in [0.4, 0.5) is 4.79 Å². The molecule has 1 aromatic carbocycles. The lowest BCUT2D eigenvalue weighted by Crippen LogP contribution is -2.44. The second-order valence-electron chi connectivity index (χ2n) is 8.90. The molecule has 1 atom stereocenters. The molecule has 0 aromatic heterocycles. The third-order valence-corrected chi connectivity index (χ3v) is 7.03. The first kappa shape index (κ1) is 22.1. The molecule has 2 saturated heterocycles. The molecule has 1 unspecified atom stereocenters. The van der Waals surface area contributed by atoms with Gasteiger partial charge in [-0.1, -0.05) is 36.6 Å². The molecule has 0 bridgehead atoms. The Morgan fingerprint density at radius 2 is 1.90 bits per heavy atom. The number of halogens is 1. The minimum Gasteiger partial charge on any atom is -0.354 e. The second kappa shape index (κ2) is 9.57. The molecule has 2 N–H and O–H groups in total. The second-order valence-corrected chi connectivity index (χ2v) is 9.33. The fourth-order valence-electron chi connectivity index (χ4n) is 5.12. The monoisotopic (exact) mass is 446 g/mol. The Kier molecular flexibility index (Phi) is 6.82. The van der Waals surface area contributed by atoms with E-state index in [9.17, 15) is 14.4 Å². The van der Waals surface area contributed by atoms with Crippen LogP contribution in [0.1, 0.15) is 63.0 Å². The van der Waals surface area contributed by atoms with Crippen LogP contribution < -0.4 is 10.6 Å². The number of amides is 4. The van der Waals surface area contributed by atoms with Crippen molar-refractivity contribution in [3.63, 3.8) is 0 Å². The topological polar surface area (TPSA) is 81.8 Å². The molecule has 4 amide bonds. The first-order valence-electron chi connectivity index (χ1n) is 11.4. The zero-order valence-corrected chi connectivity index (χ0v) is 18.6. The van der Waals surface area contributed by atoms with E-state index in [4.69, 9.17) is 11.6 Å². The number of carbonyl (C=O) groups is 3. The van der Waals surface area contributed by atoms with E-state index in [1.165, 1.54) is 17.7 Å². The number of rotatable bonds is 8. The van der Waals surface area contributed by atoms with Crippen molar-refractivity contribution in [2.75, 3.05) is 26.2 Å². The molecule has 1 aromatic rings. The molecule has 2 aliphatic heterocycles. The highest BCUT2D eigenvalue weighted by molar-refractivity contribution is 6.30. The quantitative estimate of drug-likeness (QED) is 0.600. The van der Waals surface area contributed by atoms with Crippen molar-refractivity contribution in [2.24, 2.45) is 0 Å². The zero-order valence-electron chi connectivity index (χ0n) is 17.9. The van der Waals surface area contributed by atoms with Gasteiger partial charge >= 0.3 is 6.03 Å². The van der Waals surface area contributed by atoms with Gasteiger partial charge in [-0.25, -0.2) is 4.79 Å². The van der Waals surface area contributed by atoms with Crippen molar-refractivity contribution in [2.45, 2.75) is 62.9 Å². The van der Waals surface area contributed by atoms with Crippen molar-refractivity contribution in [3.8, 4) is 0 Å². The number of likely N-dealkylation sites (tertiary alicyclic amines) is 1. The van der Waals surface area contributed by atoms with E-state index in [-0.39, 0.29) is 36.9 Å². The van der Waals surface area contributed by atoms with Crippen LogP contribution in [0.15, 0.2) is 24.3 Å². The fourth-order valence-corrected chi connectivity index (χ4v) is 5.32. The van der Waals surface area contributed by atoms with Gasteiger partial charge in [-0.15, -0.1) is 0 Å². The first-order chi connectivity index (χ1) is 15.0. The molecular weight excluding hydrogens is 416 g/mol. The van der Waals surface area contributed by atoms with E-state index in [0.717, 1.165) is 44.3 Å². The summed E-state index contributed by atoms with van der Waals surface area (Å²) in [5.41, 5.74) is 0.426. The van der Waals surface area contributed by atoms with Gasteiger partial charge in [0.05, 0.1) is 6.04 Å². The number of nitrogens with zero attached hydrogens (tertiary/aromatic N) is 2. The van der Waals surface area contributed by atoms with E-state index >= 15 is 0 Å². The van der Waals surface area contributed by atoms with Crippen molar-refractivity contribution in [1.29, 1.82) is 0 Å². The van der Waals surface area contributed by atoms with E-state index in [0.29, 0.717) is 18.0 Å². The smallest absolute Gasteiger partial charge is 0.325 e. The molecule has 31 heavy (non-hydrogen) atoms. The predicted octanol–water partition coefficient (Wildman–Crippen LogP) is 3.24. The Morgan fingerprint density at radius 3 is 2.61 bits per heavy atom. The van der Waals surface area contributed by atoms with Gasteiger partial charge in [-0.05, 0) is 62.9 Å². The Labute approximate surface area is 188 Å². The summed E-state index contributed by atoms with van der Waals surface area (Å²) in [6, 6.07) is 7.60. The lowest BCUT2D eigenvalue weighted by Gasteiger charge is -2.28. The largest absolute Gasteiger partial charge is 0.354 e. The maximum atomic E-state index is 12.7. The molecule has 4 rings (SSSR count). The van der Waals surface area contributed by atoms with Gasteiger partial charge in [-0.2, -0.15) is 0 Å².